The highest BCUT2D eigenvalue weighted by Crippen LogP contribution is 2.23. The van der Waals surface area contributed by atoms with Gasteiger partial charge in [0.25, 0.3) is 0 Å². The number of carbonyl (C=O) groups is 1. The number of nitrogens with zero attached hydrogens (tertiary/aromatic N) is 1. The zero-order valence-corrected chi connectivity index (χ0v) is 13.6. The lowest BCUT2D eigenvalue weighted by molar-refractivity contribution is -0.138. The molecule has 2 unspecified atom stereocenters. The fourth-order valence-corrected chi connectivity index (χ4v) is 2.92. The minimum atomic E-state index is -0.712. The molecule has 0 aromatic heterocycles. The number of piperidine rings is 1. The summed E-state index contributed by atoms with van der Waals surface area (Å²) in [7, 11) is 0. The van der Waals surface area contributed by atoms with Gasteiger partial charge in [0.05, 0.1) is 6.54 Å². The van der Waals surface area contributed by atoms with Crippen LogP contribution in [0.1, 0.15) is 53.4 Å². The molecule has 1 aliphatic rings. The summed E-state index contributed by atoms with van der Waals surface area (Å²) in [6, 6.07) is 0.434. The van der Waals surface area contributed by atoms with Gasteiger partial charge in [-0.15, -0.1) is 0 Å². The predicted octanol–water partition coefficient (Wildman–Crippen LogP) is 2.59. The summed E-state index contributed by atoms with van der Waals surface area (Å²) in [5.41, 5.74) is 0.272. The molecule has 0 aromatic rings. The second-order valence-electron chi connectivity index (χ2n) is 7.47. The normalized spacial score (nSPS) is 24.8. The van der Waals surface area contributed by atoms with Crippen molar-refractivity contribution in [2.45, 2.75) is 59.4 Å². The minimum absolute atomic E-state index is 0.177. The average Bonchev–Trinajstić information content (AvgIpc) is 2.32. The topological polar surface area (TPSA) is 52.6 Å². The molecule has 0 bridgehead atoms. The molecule has 20 heavy (non-hydrogen) atoms. The van der Waals surface area contributed by atoms with Crippen LogP contribution in [-0.4, -0.2) is 48.2 Å². The van der Waals surface area contributed by atoms with Crippen molar-refractivity contribution in [1.82, 2.24) is 10.2 Å². The van der Waals surface area contributed by atoms with Crippen LogP contribution in [-0.2, 0) is 4.79 Å². The largest absolute Gasteiger partial charge is 0.480 e. The molecule has 0 amide bonds. The number of carboxylic acid groups (broad SMARTS) is 1. The van der Waals surface area contributed by atoms with Crippen molar-refractivity contribution in [3.8, 4) is 0 Å². The molecule has 2 atom stereocenters. The van der Waals surface area contributed by atoms with E-state index in [2.05, 4.69) is 37.9 Å². The first-order valence-electron chi connectivity index (χ1n) is 7.97. The highest BCUT2D eigenvalue weighted by molar-refractivity contribution is 5.69. The first-order chi connectivity index (χ1) is 9.30. The maximum absolute atomic E-state index is 10.9. The van der Waals surface area contributed by atoms with E-state index in [4.69, 9.17) is 5.11 Å². The van der Waals surface area contributed by atoms with E-state index in [1.54, 1.807) is 0 Å². The Morgan fingerprint density at radius 2 is 2.05 bits per heavy atom. The Morgan fingerprint density at radius 1 is 1.35 bits per heavy atom. The molecule has 0 saturated carbocycles. The standard InChI is InChI=1S/C16H32N2O2/c1-5-6-7-13-8-14(17-12-16(2,3)4)10-18(9-13)11-15(19)20/h13-14,17H,5-12H2,1-4H3,(H,19,20). The molecule has 1 fully saturated rings. The van der Waals surface area contributed by atoms with Gasteiger partial charge in [-0.2, -0.15) is 0 Å². The second kappa shape index (κ2) is 7.99. The molecular weight excluding hydrogens is 252 g/mol. The Kier molecular flexibility index (Phi) is 6.96. The van der Waals surface area contributed by atoms with Gasteiger partial charge >= 0.3 is 5.97 Å². The van der Waals surface area contributed by atoms with Gasteiger partial charge in [-0.1, -0.05) is 40.5 Å². The fourth-order valence-electron chi connectivity index (χ4n) is 2.92. The van der Waals surface area contributed by atoms with E-state index in [1.165, 1.54) is 25.7 Å². The smallest absolute Gasteiger partial charge is 0.317 e. The summed E-state index contributed by atoms with van der Waals surface area (Å²) in [5.74, 6) is -0.0729. The predicted molar refractivity (Wildman–Crippen MR) is 83.0 cm³/mol. The highest BCUT2D eigenvalue weighted by Gasteiger charge is 2.28. The third-order valence-corrected chi connectivity index (χ3v) is 3.86. The van der Waals surface area contributed by atoms with Gasteiger partial charge < -0.3 is 10.4 Å². The molecule has 0 spiro atoms. The third kappa shape index (κ3) is 7.25. The Labute approximate surface area is 123 Å². The van der Waals surface area contributed by atoms with E-state index >= 15 is 0 Å². The van der Waals surface area contributed by atoms with E-state index < -0.39 is 5.97 Å². The molecular formula is C16H32N2O2. The summed E-state index contributed by atoms with van der Waals surface area (Å²) in [6.45, 7) is 11.9. The van der Waals surface area contributed by atoms with Crippen molar-refractivity contribution >= 4 is 5.97 Å². The van der Waals surface area contributed by atoms with E-state index in [1.807, 2.05) is 0 Å². The number of aliphatic carboxylic acids is 1. The summed E-state index contributed by atoms with van der Waals surface area (Å²) in [4.78, 5) is 13.1. The minimum Gasteiger partial charge on any atom is -0.480 e. The van der Waals surface area contributed by atoms with Gasteiger partial charge in [-0.05, 0) is 24.2 Å². The monoisotopic (exact) mass is 284 g/mol. The van der Waals surface area contributed by atoms with Crippen LogP contribution in [0.25, 0.3) is 0 Å². The molecule has 1 aliphatic heterocycles. The van der Waals surface area contributed by atoms with Gasteiger partial charge in [0.15, 0.2) is 0 Å². The number of hydrogen-bond donors (Lipinski definition) is 2. The van der Waals surface area contributed by atoms with Gasteiger partial charge in [0.1, 0.15) is 0 Å². The number of unbranched alkanes of at least 4 members (excludes halogenated alkanes) is 1. The van der Waals surface area contributed by atoms with Crippen molar-refractivity contribution in [3.63, 3.8) is 0 Å². The van der Waals surface area contributed by atoms with Crippen LogP contribution < -0.4 is 5.32 Å². The lowest BCUT2D eigenvalue weighted by Crippen LogP contribution is -2.51. The van der Waals surface area contributed by atoms with Crippen LogP contribution in [0, 0.1) is 11.3 Å². The highest BCUT2D eigenvalue weighted by atomic mass is 16.4. The maximum Gasteiger partial charge on any atom is 0.317 e. The first kappa shape index (κ1) is 17.4. The van der Waals surface area contributed by atoms with Gasteiger partial charge in [-0.3, -0.25) is 9.69 Å². The molecule has 0 aliphatic carbocycles. The van der Waals surface area contributed by atoms with E-state index in [0.717, 1.165) is 19.6 Å². The van der Waals surface area contributed by atoms with Crippen LogP contribution in [0.2, 0.25) is 0 Å². The lowest BCUT2D eigenvalue weighted by atomic mass is 9.89. The van der Waals surface area contributed by atoms with Crippen LogP contribution in [0.5, 0.6) is 0 Å². The maximum atomic E-state index is 10.9. The number of likely N-dealkylation sites (tertiary alicyclic amines) is 1. The molecule has 1 heterocycles. The lowest BCUT2D eigenvalue weighted by Gasteiger charge is -2.38. The Hall–Kier alpha value is -0.610. The molecule has 0 radical (unpaired) electrons. The van der Waals surface area contributed by atoms with E-state index in [9.17, 15) is 4.79 Å². The van der Waals surface area contributed by atoms with Crippen LogP contribution >= 0.6 is 0 Å². The van der Waals surface area contributed by atoms with Gasteiger partial charge in [0.2, 0.25) is 0 Å². The second-order valence-corrected chi connectivity index (χ2v) is 7.47. The Bertz CT molecular complexity index is 299. The molecule has 118 valence electrons. The molecule has 4 heteroatoms. The summed E-state index contributed by atoms with van der Waals surface area (Å²) < 4.78 is 0. The van der Waals surface area contributed by atoms with Crippen LogP contribution in [0.4, 0.5) is 0 Å². The number of carboxylic acids is 1. The van der Waals surface area contributed by atoms with Gasteiger partial charge in [0, 0.05) is 25.7 Å². The zero-order valence-electron chi connectivity index (χ0n) is 13.6. The fraction of sp³-hybridized carbons (Fsp3) is 0.938. The summed E-state index contributed by atoms with van der Waals surface area (Å²) >= 11 is 0. The van der Waals surface area contributed by atoms with Crippen molar-refractivity contribution in [3.05, 3.63) is 0 Å². The van der Waals surface area contributed by atoms with E-state index in [0.29, 0.717) is 12.0 Å². The quantitative estimate of drug-likeness (QED) is 0.754. The Morgan fingerprint density at radius 3 is 2.60 bits per heavy atom. The summed E-state index contributed by atoms with van der Waals surface area (Å²) in [5, 5.41) is 12.6. The van der Waals surface area contributed by atoms with Crippen molar-refractivity contribution in [2.24, 2.45) is 11.3 Å². The zero-order chi connectivity index (χ0) is 15.2. The SMILES string of the molecule is CCCCC1CC(NCC(C)(C)C)CN(CC(=O)O)C1. The first-order valence-corrected chi connectivity index (χ1v) is 7.97. The van der Waals surface area contributed by atoms with Crippen molar-refractivity contribution in [2.75, 3.05) is 26.2 Å². The number of rotatable bonds is 7. The Balaban J connectivity index is 2.52. The van der Waals surface area contributed by atoms with Crippen molar-refractivity contribution < 1.29 is 9.90 Å². The molecule has 0 aromatic carbocycles. The molecule has 1 saturated heterocycles. The van der Waals surface area contributed by atoms with Crippen LogP contribution in [0.15, 0.2) is 0 Å². The van der Waals surface area contributed by atoms with E-state index in [-0.39, 0.29) is 12.0 Å². The van der Waals surface area contributed by atoms with Crippen LogP contribution in [0.3, 0.4) is 0 Å². The molecule has 4 nitrogen and oxygen atoms in total. The number of nitrogens with one attached hydrogen (secondary N) is 1. The average molecular weight is 284 g/mol. The summed E-state index contributed by atoms with van der Waals surface area (Å²) in [6.07, 6.45) is 4.87. The number of hydrogen-bond acceptors (Lipinski definition) is 3. The van der Waals surface area contributed by atoms with Crippen molar-refractivity contribution in [1.29, 1.82) is 0 Å². The molecule has 2 N–H and O–H groups in total. The molecule has 1 rings (SSSR count). The third-order valence-electron chi connectivity index (χ3n) is 3.86. The van der Waals surface area contributed by atoms with Gasteiger partial charge in [-0.25, -0.2) is 0 Å².